The highest BCUT2D eigenvalue weighted by molar-refractivity contribution is 5.76. The van der Waals surface area contributed by atoms with Gasteiger partial charge in [0, 0.05) is 12.0 Å². The van der Waals surface area contributed by atoms with Crippen LogP contribution in [0, 0.1) is 11.8 Å². The largest absolute Gasteiger partial charge is 0.345 e. The molecule has 1 N–H and O–H groups in total. The summed E-state index contributed by atoms with van der Waals surface area (Å²) in [5, 5.41) is 2.78. The molecule has 84 valence electrons. The van der Waals surface area contributed by atoms with Crippen molar-refractivity contribution in [2.24, 2.45) is 0 Å². The molecule has 0 spiro atoms. The zero-order chi connectivity index (χ0) is 11.6. The van der Waals surface area contributed by atoms with Crippen LogP contribution < -0.4 is 5.32 Å². The molecule has 1 aromatic carbocycles. The van der Waals surface area contributed by atoms with Gasteiger partial charge in [0.2, 0.25) is 5.91 Å². The zero-order valence-electron chi connectivity index (χ0n) is 9.62. The van der Waals surface area contributed by atoms with E-state index in [1.165, 1.54) is 0 Å². The molecule has 0 aliphatic carbocycles. The Kier molecular flexibility index (Phi) is 5.80. The standard InChI is InChI=1S/C14H17NO/c1-2-3-11-14(16)15-12-7-10-13-8-5-4-6-9-13/h4-6,8-9H,2-3,11-12H2,1H3,(H,15,16). The minimum absolute atomic E-state index is 0.0872. The lowest BCUT2D eigenvalue weighted by molar-refractivity contribution is -0.120. The third kappa shape index (κ3) is 5.21. The van der Waals surface area contributed by atoms with Crippen molar-refractivity contribution in [2.75, 3.05) is 6.54 Å². The first-order valence-corrected chi connectivity index (χ1v) is 5.63. The number of carbonyl (C=O) groups is 1. The Labute approximate surface area is 97.1 Å². The third-order valence-corrected chi connectivity index (χ3v) is 2.14. The van der Waals surface area contributed by atoms with Gasteiger partial charge in [-0.2, -0.15) is 0 Å². The van der Waals surface area contributed by atoms with E-state index < -0.39 is 0 Å². The molecule has 0 bridgehead atoms. The van der Waals surface area contributed by atoms with Crippen molar-refractivity contribution in [3.05, 3.63) is 35.9 Å². The van der Waals surface area contributed by atoms with E-state index in [0.717, 1.165) is 18.4 Å². The van der Waals surface area contributed by atoms with Crippen LogP contribution in [0.1, 0.15) is 31.7 Å². The van der Waals surface area contributed by atoms with Gasteiger partial charge in [0.15, 0.2) is 0 Å². The molecule has 2 nitrogen and oxygen atoms in total. The maximum absolute atomic E-state index is 11.2. The molecule has 0 saturated heterocycles. The lowest BCUT2D eigenvalue weighted by Gasteiger charge is -1.98. The highest BCUT2D eigenvalue weighted by atomic mass is 16.1. The number of rotatable bonds is 4. The van der Waals surface area contributed by atoms with E-state index >= 15 is 0 Å². The maximum atomic E-state index is 11.2. The molecule has 1 amide bonds. The van der Waals surface area contributed by atoms with Crippen molar-refractivity contribution in [3.8, 4) is 11.8 Å². The van der Waals surface area contributed by atoms with Crippen molar-refractivity contribution in [2.45, 2.75) is 26.2 Å². The van der Waals surface area contributed by atoms with E-state index in [1.54, 1.807) is 0 Å². The van der Waals surface area contributed by atoms with E-state index in [4.69, 9.17) is 0 Å². The fourth-order valence-corrected chi connectivity index (χ4v) is 1.24. The number of carbonyl (C=O) groups excluding carboxylic acids is 1. The zero-order valence-corrected chi connectivity index (χ0v) is 9.62. The Bertz CT molecular complexity index is 373. The second-order valence-electron chi connectivity index (χ2n) is 3.55. The molecule has 0 atom stereocenters. The van der Waals surface area contributed by atoms with Crippen LogP contribution in [0.3, 0.4) is 0 Å². The average Bonchev–Trinajstić information content (AvgIpc) is 2.33. The van der Waals surface area contributed by atoms with Crippen molar-refractivity contribution < 1.29 is 4.79 Å². The summed E-state index contributed by atoms with van der Waals surface area (Å²) in [4.78, 5) is 11.2. The smallest absolute Gasteiger partial charge is 0.220 e. The number of benzene rings is 1. The van der Waals surface area contributed by atoms with Crippen LogP contribution in [-0.2, 0) is 4.79 Å². The van der Waals surface area contributed by atoms with Gasteiger partial charge in [0.25, 0.3) is 0 Å². The number of hydrogen-bond donors (Lipinski definition) is 1. The third-order valence-electron chi connectivity index (χ3n) is 2.14. The van der Waals surface area contributed by atoms with Gasteiger partial charge >= 0.3 is 0 Å². The van der Waals surface area contributed by atoms with Gasteiger partial charge in [-0.3, -0.25) is 4.79 Å². The van der Waals surface area contributed by atoms with Gasteiger partial charge in [-0.15, -0.1) is 0 Å². The minimum atomic E-state index is 0.0872. The molecule has 0 saturated carbocycles. The summed E-state index contributed by atoms with van der Waals surface area (Å²) in [6.45, 7) is 2.50. The summed E-state index contributed by atoms with van der Waals surface area (Å²) in [5.41, 5.74) is 0.977. The molecule has 2 heteroatoms. The van der Waals surface area contributed by atoms with Crippen molar-refractivity contribution >= 4 is 5.91 Å². The summed E-state index contributed by atoms with van der Waals surface area (Å²) < 4.78 is 0. The Hall–Kier alpha value is -1.75. The van der Waals surface area contributed by atoms with Crippen LogP contribution in [0.25, 0.3) is 0 Å². The van der Waals surface area contributed by atoms with Crippen molar-refractivity contribution in [3.63, 3.8) is 0 Å². The lowest BCUT2D eigenvalue weighted by atomic mass is 10.2. The highest BCUT2D eigenvalue weighted by Crippen LogP contribution is 1.94. The van der Waals surface area contributed by atoms with Crippen LogP contribution in [0.4, 0.5) is 0 Å². The second-order valence-corrected chi connectivity index (χ2v) is 3.55. The quantitative estimate of drug-likeness (QED) is 0.767. The summed E-state index contributed by atoms with van der Waals surface area (Å²) in [6.07, 6.45) is 2.59. The number of amides is 1. The molecular formula is C14H17NO. The van der Waals surface area contributed by atoms with E-state index in [9.17, 15) is 4.79 Å². The van der Waals surface area contributed by atoms with Gasteiger partial charge in [-0.25, -0.2) is 0 Å². The molecule has 0 fully saturated rings. The van der Waals surface area contributed by atoms with E-state index in [1.807, 2.05) is 30.3 Å². The molecule has 16 heavy (non-hydrogen) atoms. The summed E-state index contributed by atoms with van der Waals surface area (Å²) in [5.74, 6) is 6.01. The van der Waals surface area contributed by atoms with Crippen LogP contribution >= 0.6 is 0 Å². The minimum Gasteiger partial charge on any atom is -0.345 e. The number of nitrogens with one attached hydrogen (secondary N) is 1. The normalized spacial score (nSPS) is 9.06. The fraction of sp³-hybridized carbons (Fsp3) is 0.357. The van der Waals surface area contributed by atoms with E-state index in [0.29, 0.717) is 13.0 Å². The Morgan fingerprint density at radius 1 is 1.31 bits per heavy atom. The molecule has 1 aromatic rings. The maximum Gasteiger partial charge on any atom is 0.220 e. The summed E-state index contributed by atoms with van der Waals surface area (Å²) >= 11 is 0. The first-order valence-electron chi connectivity index (χ1n) is 5.63. The molecule has 1 rings (SSSR count). The van der Waals surface area contributed by atoms with Gasteiger partial charge in [-0.05, 0) is 18.6 Å². The van der Waals surface area contributed by atoms with Gasteiger partial charge < -0.3 is 5.32 Å². The molecule has 0 aliphatic heterocycles. The molecule has 0 unspecified atom stereocenters. The Morgan fingerprint density at radius 3 is 2.75 bits per heavy atom. The van der Waals surface area contributed by atoms with Crippen LogP contribution in [-0.4, -0.2) is 12.5 Å². The number of unbranched alkanes of at least 4 members (excludes halogenated alkanes) is 1. The van der Waals surface area contributed by atoms with Crippen LogP contribution in [0.2, 0.25) is 0 Å². The molecule has 0 heterocycles. The highest BCUT2D eigenvalue weighted by Gasteiger charge is 1.96. The molecule has 0 aromatic heterocycles. The molecule has 0 aliphatic rings. The van der Waals surface area contributed by atoms with Crippen molar-refractivity contribution in [1.82, 2.24) is 5.32 Å². The number of hydrogen-bond acceptors (Lipinski definition) is 1. The first-order chi connectivity index (χ1) is 7.83. The van der Waals surface area contributed by atoms with Gasteiger partial charge in [0.1, 0.15) is 0 Å². The second kappa shape index (κ2) is 7.53. The van der Waals surface area contributed by atoms with Crippen LogP contribution in [0.15, 0.2) is 30.3 Å². The van der Waals surface area contributed by atoms with Crippen molar-refractivity contribution in [1.29, 1.82) is 0 Å². The molecule has 0 radical (unpaired) electrons. The predicted octanol–water partition coefficient (Wildman–Crippen LogP) is 2.34. The average molecular weight is 215 g/mol. The topological polar surface area (TPSA) is 29.1 Å². The molecular weight excluding hydrogens is 198 g/mol. The Balaban J connectivity index is 2.25. The van der Waals surface area contributed by atoms with Gasteiger partial charge in [-0.1, -0.05) is 43.4 Å². The lowest BCUT2D eigenvalue weighted by Crippen LogP contribution is -2.22. The monoisotopic (exact) mass is 215 g/mol. The SMILES string of the molecule is CCCCC(=O)NCC#Cc1ccccc1. The Morgan fingerprint density at radius 2 is 2.06 bits per heavy atom. The first kappa shape index (κ1) is 12.3. The summed E-state index contributed by atoms with van der Waals surface area (Å²) in [6, 6.07) is 9.75. The van der Waals surface area contributed by atoms with Crippen LogP contribution in [0.5, 0.6) is 0 Å². The summed E-state index contributed by atoms with van der Waals surface area (Å²) in [7, 11) is 0. The predicted molar refractivity (Wildman–Crippen MR) is 65.9 cm³/mol. The van der Waals surface area contributed by atoms with E-state index in [2.05, 4.69) is 24.1 Å². The van der Waals surface area contributed by atoms with Gasteiger partial charge in [0.05, 0.1) is 6.54 Å². The fourth-order valence-electron chi connectivity index (χ4n) is 1.24. The van der Waals surface area contributed by atoms with E-state index in [-0.39, 0.29) is 5.91 Å².